The zero-order valence-corrected chi connectivity index (χ0v) is 15.7. The number of hydrogen-bond donors (Lipinski definition) is 2. The third kappa shape index (κ3) is 4.42. The minimum atomic E-state index is -1.18. The number of carboxylic acid groups (broad SMARTS) is 1. The molecule has 0 bridgehead atoms. The van der Waals surface area contributed by atoms with E-state index in [-0.39, 0.29) is 30.2 Å². The minimum absolute atomic E-state index is 0.0380. The first-order valence-corrected chi connectivity index (χ1v) is 9.11. The van der Waals surface area contributed by atoms with Gasteiger partial charge in [-0.25, -0.2) is 0 Å². The summed E-state index contributed by atoms with van der Waals surface area (Å²) < 4.78 is 0. The Bertz CT molecular complexity index is 651. The Morgan fingerprint density at radius 3 is 2.27 bits per heavy atom. The fourth-order valence-electron chi connectivity index (χ4n) is 3.24. The van der Waals surface area contributed by atoms with E-state index in [4.69, 9.17) is 0 Å². The molecule has 26 heavy (non-hydrogen) atoms. The van der Waals surface area contributed by atoms with Gasteiger partial charge in [-0.15, -0.1) is 0 Å². The van der Waals surface area contributed by atoms with Crippen LogP contribution in [0.25, 0.3) is 0 Å². The molecule has 2 rings (SSSR count). The van der Waals surface area contributed by atoms with Crippen molar-refractivity contribution in [1.82, 2.24) is 10.2 Å². The fraction of sp³-hybridized carbons (Fsp3) is 0.550. The van der Waals surface area contributed by atoms with E-state index in [0.717, 1.165) is 0 Å². The first kappa shape index (κ1) is 19.9. The van der Waals surface area contributed by atoms with Crippen molar-refractivity contribution in [1.29, 1.82) is 0 Å². The van der Waals surface area contributed by atoms with Gasteiger partial charge in [0, 0.05) is 31.5 Å². The number of rotatable bonds is 6. The van der Waals surface area contributed by atoms with Crippen LogP contribution in [0.4, 0.5) is 0 Å². The molecule has 1 aliphatic rings. The molecule has 1 atom stereocenters. The number of benzene rings is 1. The van der Waals surface area contributed by atoms with Gasteiger partial charge >= 0.3 is 5.97 Å². The van der Waals surface area contributed by atoms with Crippen molar-refractivity contribution < 1.29 is 19.5 Å². The first-order valence-electron chi connectivity index (χ1n) is 9.11. The smallest absolute Gasteiger partial charge is 0.315 e. The lowest BCUT2D eigenvalue weighted by Gasteiger charge is -2.33. The summed E-state index contributed by atoms with van der Waals surface area (Å²) in [6.07, 6.45) is 1.22. The maximum absolute atomic E-state index is 12.5. The van der Waals surface area contributed by atoms with E-state index >= 15 is 0 Å². The molecule has 0 aliphatic carbocycles. The predicted octanol–water partition coefficient (Wildman–Crippen LogP) is 2.04. The standard InChI is InChI=1S/C20H28N2O4/c1-14(2)18(24)22-11-9-15(10-12-22)17(23)21-13-20(3,19(25)26)16-7-5-4-6-8-16/h4-8,14-15H,9-13H2,1-3H3,(H,21,23)(H,25,26). The molecule has 0 spiro atoms. The summed E-state index contributed by atoms with van der Waals surface area (Å²) in [5.41, 5.74) is -0.518. The molecular weight excluding hydrogens is 332 g/mol. The monoisotopic (exact) mass is 360 g/mol. The van der Waals surface area contributed by atoms with Crippen LogP contribution in [0.1, 0.15) is 39.2 Å². The van der Waals surface area contributed by atoms with E-state index in [1.807, 2.05) is 19.9 Å². The molecule has 1 unspecified atom stereocenters. The van der Waals surface area contributed by atoms with Gasteiger partial charge in [-0.05, 0) is 25.3 Å². The number of amides is 2. The fourth-order valence-corrected chi connectivity index (χ4v) is 3.24. The van der Waals surface area contributed by atoms with Crippen molar-refractivity contribution in [2.75, 3.05) is 19.6 Å². The summed E-state index contributed by atoms with van der Waals surface area (Å²) in [5.74, 6) is -1.21. The van der Waals surface area contributed by atoms with Crippen molar-refractivity contribution in [3.8, 4) is 0 Å². The van der Waals surface area contributed by atoms with Crippen LogP contribution >= 0.6 is 0 Å². The summed E-state index contributed by atoms with van der Waals surface area (Å²) in [5, 5.41) is 12.5. The van der Waals surface area contributed by atoms with Crippen LogP contribution in [0.15, 0.2) is 30.3 Å². The van der Waals surface area contributed by atoms with Gasteiger partial charge in [0.25, 0.3) is 0 Å². The van der Waals surface area contributed by atoms with Gasteiger partial charge < -0.3 is 15.3 Å². The summed E-state index contributed by atoms with van der Waals surface area (Å²) in [6.45, 7) is 6.55. The van der Waals surface area contributed by atoms with Gasteiger partial charge in [0.2, 0.25) is 11.8 Å². The molecule has 1 aliphatic heterocycles. The predicted molar refractivity (Wildman–Crippen MR) is 98.6 cm³/mol. The zero-order valence-electron chi connectivity index (χ0n) is 15.7. The quantitative estimate of drug-likeness (QED) is 0.813. The number of hydrogen-bond acceptors (Lipinski definition) is 3. The lowest BCUT2D eigenvalue weighted by atomic mass is 9.82. The maximum atomic E-state index is 12.5. The highest BCUT2D eigenvalue weighted by Crippen LogP contribution is 2.24. The van der Waals surface area contributed by atoms with Gasteiger partial charge in [-0.1, -0.05) is 44.2 Å². The van der Waals surface area contributed by atoms with Crippen molar-refractivity contribution in [3.63, 3.8) is 0 Å². The number of carbonyl (C=O) groups excluding carboxylic acids is 2. The van der Waals surface area contributed by atoms with Crippen LogP contribution in [-0.4, -0.2) is 47.4 Å². The van der Waals surface area contributed by atoms with E-state index in [1.165, 1.54) is 0 Å². The molecule has 1 heterocycles. The molecular formula is C20H28N2O4. The highest BCUT2D eigenvalue weighted by Gasteiger charge is 2.36. The van der Waals surface area contributed by atoms with Gasteiger partial charge in [0.15, 0.2) is 0 Å². The number of carbonyl (C=O) groups is 3. The van der Waals surface area contributed by atoms with Crippen LogP contribution in [0.3, 0.4) is 0 Å². The summed E-state index contributed by atoms with van der Waals surface area (Å²) >= 11 is 0. The third-order valence-corrected chi connectivity index (χ3v) is 5.17. The second-order valence-corrected chi connectivity index (χ2v) is 7.48. The van der Waals surface area contributed by atoms with Crippen LogP contribution in [0, 0.1) is 11.8 Å². The Morgan fingerprint density at radius 1 is 1.19 bits per heavy atom. The van der Waals surface area contributed by atoms with Gasteiger partial charge in [0.05, 0.1) is 0 Å². The zero-order chi connectivity index (χ0) is 19.3. The van der Waals surface area contributed by atoms with Gasteiger partial charge in [-0.2, -0.15) is 0 Å². The van der Waals surface area contributed by atoms with Crippen LogP contribution in [-0.2, 0) is 19.8 Å². The van der Waals surface area contributed by atoms with E-state index < -0.39 is 11.4 Å². The third-order valence-electron chi connectivity index (χ3n) is 5.17. The molecule has 2 amide bonds. The number of nitrogens with one attached hydrogen (secondary N) is 1. The van der Waals surface area contributed by atoms with Crippen LogP contribution < -0.4 is 5.32 Å². The van der Waals surface area contributed by atoms with Crippen LogP contribution in [0.5, 0.6) is 0 Å². The lowest BCUT2D eigenvalue weighted by molar-refractivity contribution is -0.143. The number of aliphatic carboxylic acids is 1. The SMILES string of the molecule is CC(C)C(=O)N1CCC(C(=O)NCC(C)(C(=O)O)c2ccccc2)CC1. The highest BCUT2D eigenvalue weighted by molar-refractivity contribution is 5.84. The van der Waals surface area contributed by atoms with Crippen molar-refractivity contribution in [2.45, 2.75) is 39.0 Å². The molecule has 1 aromatic carbocycles. The molecule has 0 saturated carbocycles. The maximum Gasteiger partial charge on any atom is 0.315 e. The molecule has 2 N–H and O–H groups in total. The van der Waals surface area contributed by atoms with Crippen molar-refractivity contribution in [2.24, 2.45) is 11.8 Å². The van der Waals surface area contributed by atoms with Crippen molar-refractivity contribution >= 4 is 17.8 Å². The molecule has 0 aromatic heterocycles. The Labute approximate surface area is 154 Å². The molecule has 142 valence electrons. The van der Waals surface area contributed by atoms with E-state index in [0.29, 0.717) is 31.5 Å². The normalized spacial score (nSPS) is 17.6. The second kappa shape index (κ2) is 8.34. The first-order chi connectivity index (χ1) is 12.3. The molecule has 1 saturated heterocycles. The molecule has 6 nitrogen and oxygen atoms in total. The van der Waals surface area contributed by atoms with E-state index in [2.05, 4.69) is 5.32 Å². The highest BCUT2D eigenvalue weighted by atomic mass is 16.4. The van der Waals surface area contributed by atoms with Crippen LogP contribution in [0.2, 0.25) is 0 Å². The number of carboxylic acids is 1. The Balaban J connectivity index is 1.94. The van der Waals surface area contributed by atoms with Gasteiger partial charge in [0.1, 0.15) is 5.41 Å². The van der Waals surface area contributed by atoms with E-state index in [9.17, 15) is 19.5 Å². The second-order valence-electron chi connectivity index (χ2n) is 7.48. The summed E-state index contributed by atoms with van der Waals surface area (Å²) in [6, 6.07) is 8.93. The van der Waals surface area contributed by atoms with Crippen molar-refractivity contribution in [3.05, 3.63) is 35.9 Å². The molecule has 1 aromatic rings. The number of nitrogens with zero attached hydrogens (tertiary/aromatic N) is 1. The van der Waals surface area contributed by atoms with E-state index in [1.54, 1.807) is 36.1 Å². The minimum Gasteiger partial charge on any atom is -0.481 e. The average molecular weight is 360 g/mol. The lowest BCUT2D eigenvalue weighted by Crippen LogP contribution is -2.48. The number of piperidine rings is 1. The summed E-state index contributed by atoms with van der Waals surface area (Å²) in [7, 11) is 0. The molecule has 6 heteroatoms. The largest absolute Gasteiger partial charge is 0.481 e. The topological polar surface area (TPSA) is 86.7 Å². The molecule has 1 fully saturated rings. The Hall–Kier alpha value is -2.37. The number of likely N-dealkylation sites (tertiary alicyclic amines) is 1. The van der Waals surface area contributed by atoms with Gasteiger partial charge in [-0.3, -0.25) is 14.4 Å². The Morgan fingerprint density at radius 2 is 1.77 bits per heavy atom. The molecule has 0 radical (unpaired) electrons. The Kier molecular flexibility index (Phi) is 6.40. The average Bonchev–Trinajstić information content (AvgIpc) is 2.65. The summed E-state index contributed by atoms with van der Waals surface area (Å²) in [4.78, 5) is 38.1.